The van der Waals surface area contributed by atoms with Gasteiger partial charge in [0.25, 0.3) is 0 Å². The van der Waals surface area contributed by atoms with E-state index in [0.717, 1.165) is 0 Å². The molecule has 4 rings (SSSR count). The zero-order valence-electron chi connectivity index (χ0n) is 12.7. The monoisotopic (exact) mass is 283 g/mol. The van der Waals surface area contributed by atoms with Gasteiger partial charge >= 0.3 is 0 Å². The molecule has 1 aromatic rings. The molecule has 0 aromatic heterocycles. The lowest BCUT2D eigenvalue weighted by atomic mass is 9.79. The summed E-state index contributed by atoms with van der Waals surface area (Å²) in [4.78, 5) is 5.15. The summed E-state index contributed by atoms with van der Waals surface area (Å²) in [5.74, 6) is 1.22. The molecule has 0 amide bonds. The average Bonchev–Trinajstić information content (AvgIpc) is 3.02. The summed E-state index contributed by atoms with van der Waals surface area (Å²) in [6, 6.07) is 9.09. The molecular weight excluding hydrogens is 258 g/mol. The van der Waals surface area contributed by atoms with Gasteiger partial charge in [0.05, 0.1) is 23.0 Å². The lowest BCUT2D eigenvalue weighted by Crippen LogP contribution is -2.54. The fraction of sp³-hybridized carbons (Fsp3) is 0.611. The number of amidine groups is 1. The second-order valence-electron chi connectivity index (χ2n) is 6.85. The molecule has 0 atom stereocenters. The van der Waals surface area contributed by atoms with Gasteiger partial charge in [-0.3, -0.25) is 4.99 Å². The first-order chi connectivity index (χ1) is 10.4. The van der Waals surface area contributed by atoms with Gasteiger partial charge in [0, 0.05) is 0 Å². The van der Waals surface area contributed by atoms with Crippen molar-refractivity contribution < 1.29 is 0 Å². The topological polar surface area (TPSA) is 36.4 Å². The first kappa shape index (κ1) is 13.2. The van der Waals surface area contributed by atoms with E-state index in [2.05, 4.69) is 34.9 Å². The highest BCUT2D eigenvalue weighted by Gasteiger charge is 2.41. The van der Waals surface area contributed by atoms with Crippen LogP contribution in [0.25, 0.3) is 0 Å². The van der Waals surface area contributed by atoms with Crippen molar-refractivity contribution in [2.75, 3.05) is 10.6 Å². The highest BCUT2D eigenvalue weighted by atomic mass is 15.2. The van der Waals surface area contributed by atoms with Crippen molar-refractivity contribution in [3.63, 3.8) is 0 Å². The molecule has 3 heteroatoms. The third-order valence-corrected chi connectivity index (χ3v) is 5.35. The average molecular weight is 283 g/mol. The predicted molar refractivity (Wildman–Crippen MR) is 89.2 cm³/mol. The number of aliphatic imine (C=N–C) groups is 1. The molecule has 21 heavy (non-hydrogen) atoms. The number of rotatable bonds is 1. The van der Waals surface area contributed by atoms with Gasteiger partial charge < -0.3 is 10.6 Å². The van der Waals surface area contributed by atoms with Crippen molar-refractivity contribution in [2.24, 2.45) is 4.99 Å². The Balaban J connectivity index is 1.71. The van der Waals surface area contributed by atoms with E-state index >= 15 is 0 Å². The summed E-state index contributed by atoms with van der Waals surface area (Å²) in [6.45, 7) is 0. The lowest BCUT2D eigenvalue weighted by molar-refractivity contribution is 0.401. The summed E-state index contributed by atoms with van der Waals surface area (Å²) in [5, 5.41) is 7.51. The molecule has 112 valence electrons. The van der Waals surface area contributed by atoms with E-state index in [9.17, 15) is 0 Å². The minimum Gasteiger partial charge on any atom is -0.371 e. The van der Waals surface area contributed by atoms with Crippen molar-refractivity contribution in [1.29, 1.82) is 0 Å². The number of nitrogens with one attached hydrogen (secondary N) is 2. The highest BCUT2D eigenvalue weighted by molar-refractivity contribution is 6.09. The van der Waals surface area contributed by atoms with Crippen LogP contribution in [0.15, 0.2) is 29.3 Å². The molecule has 0 radical (unpaired) electrons. The molecule has 3 nitrogen and oxygen atoms in total. The number of hydrogen-bond donors (Lipinski definition) is 2. The van der Waals surface area contributed by atoms with E-state index in [0.29, 0.717) is 6.04 Å². The maximum Gasteiger partial charge on any atom is 0.127 e. The molecule has 2 saturated carbocycles. The molecule has 1 aliphatic heterocycles. The zero-order valence-corrected chi connectivity index (χ0v) is 12.7. The molecule has 0 saturated heterocycles. The van der Waals surface area contributed by atoms with Crippen LogP contribution in [-0.4, -0.2) is 17.4 Å². The van der Waals surface area contributed by atoms with Gasteiger partial charge in [-0.15, -0.1) is 0 Å². The van der Waals surface area contributed by atoms with Crippen molar-refractivity contribution in [1.82, 2.24) is 0 Å². The van der Waals surface area contributed by atoms with E-state index in [-0.39, 0.29) is 5.54 Å². The number of benzene rings is 1. The standard InChI is InChI=1S/C18H25N3/c1-6-12-18(13-7-1)17(19-14-8-2-3-9-14)20-15-10-4-5-11-16(15)21-18/h4-5,10-11,14,21H,1-3,6-9,12-13H2,(H,19,20). The highest BCUT2D eigenvalue weighted by Crippen LogP contribution is 2.40. The van der Waals surface area contributed by atoms with Gasteiger partial charge in [-0.25, -0.2) is 0 Å². The fourth-order valence-electron chi connectivity index (χ4n) is 4.15. The first-order valence-electron chi connectivity index (χ1n) is 8.58. The Morgan fingerprint density at radius 1 is 0.905 bits per heavy atom. The molecule has 0 unspecified atom stereocenters. The molecule has 0 bridgehead atoms. The summed E-state index contributed by atoms with van der Waals surface area (Å²) >= 11 is 0. The third-order valence-electron chi connectivity index (χ3n) is 5.35. The number of anilines is 2. The molecular formula is C18H25N3. The smallest absolute Gasteiger partial charge is 0.127 e. The van der Waals surface area contributed by atoms with Crippen LogP contribution < -0.4 is 10.6 Å². The maximum atomic E-state index is 5.15. The van der Waals surface area contributed by atoms with E-state index in [1.165, 1.54) is 75.0 Å². The SMILES string of the molecule is c1ccc2c(c1)NC(=NC1CCCC1)C1(CCCCC1)N2. The normalized spacial score (nSPS) is 26.4. The first-order valence-corrected chi connectivity index (χ1v) is 8.58. The van der Waals surface area contributed by atoms with E-state index in [1.54, 1.807) is 0 Å². The number of hydrogen-bond acceptors (Lipinski definition) is 2. The van der Waals surface area contributed by atoms with Crippen LogP contribution in [-0.2, 0) is 0 Å². The summed E-state index contributed by atoms with van der Waals surface area (Å²) in [7, 11) is 0. The second kappa shape index (κ2) is 5.36. The summed E-state index contributed by atoms with van der Waals surface area (Å²) in [6.07, 6.45) is 11.6. The molecule has 2 N–H and O–H groups in total. The van der Waals surface area contributed by atoms with Gasteiger partial charge in [-0.2, -0.15) is 0 Å². The third kappa shape index (κ3) is 2.43. The molecule has 3 aliphatic rings. The molecule has 1 heterocycles. The Kier molecular flexibility index (Phi) is 3.36. The van der Waals surface area contributed by atoms with Crippen LogP contribution in [0.4, 0.5) is 11.4 Å². The largest absolute Gasteiger partial charge is 0.371 e. The fourth-order valence-corrected chi connectivity index (χ4v) is 4.15. The van der Waals surface area contributed by atoms with Crippen LogP contribution in [0, 0.1) is 0 Å². The summed E-state index contributed by atoms with van der Waals surface area (Å²) in [5.41, 5.74) is 2.49. The summed E-state index contributed by atoms with van der Waals surface area (Å²) < 4.78 is 0. The van der Waals surface area contributed by atoms with E-state index in [1.807, 2.05) is 0 Å². The van der Waals surface area contributed by atoms with Crippen LogP contribution in [0.1, 0.15) is 57.8 Å². The minimum absolute atomic E-state index is 0.0647. The Hall–Kier alpha value is -1.51. The van der Waals surface area contributed by atoms with Gasteiger partial charge in [0.1, 0.15) is 5.84 Å². The molecule has 1 spiro atoms. The maximum absolute atomic E-state index is 5.15. The van der Waals surface area contributed by atoms with Crippen molar-refractivity contribution >= 4 is 17.2 Å². The Labute approximate surface area is 127 Å². The van der Waals surface area contributed by atoms with Crippen LogP contribution in [0.5, 0.6) is 0 Å². The molecule has 1 aromatic carbocycles. The van der Waals surface area contributed by atoms with Crippen molar-refractivity contribution in [3.8, 4) is 0 Å². The molecule has 2 aliphatic carbocycles. The predicted octanol–water partition coefficient (Wildman–Crippen LogP) is 4.57. The van der Waals surface area contributed by atoms with Gasteiger partial charge in [-0.1, -0.05) is 44.2 Å². The lowest BCUT2D eigenvalue weighted by Gasteiger charge is -2.44. The van der Waals surface area contributed by atoms with Crippen LogP contribution in [0.2, 0.25) is 0 Å². The Bertz CT molecular complexity index is 537. The van der Waals surface area contributed by atoms with Crippen molar-refractivity contribution in [3.05, 3.63) is 24.3 Å². The number of fused-ring (bicyclic) bond motifs is 1. The van der Waals surface area contributed by atoms with Crippen LogP contribution in [0.3, 0.4) is 0 Å². The van der Waals surface area contributed by atoms with Gasteiger partial charge in [0.15, 0.2) is 0 Å². The van der Waals surface area contributed by atoms with Gasteiger partial charge in [-0.05, 0) is 37.8 Å². The van der Waals surface area contributed by atoms with Crippen LogP contribution >= 0.6 is 0 Å². The quantitative estimate of drug-likeness (QED) is 0.792. The Morgan fingerprint density at radius 3 is 2.38 bits per heavy atom. The van der Waals surface area contributed by atoms with Gasteiger partial charge in [0.2, 0.25) is 0 Å². The minimum atomic E-state index is 0.0647. The van der Waals surface area contributed by atoms with Crippen molar-refractivity contribution in [2.45, 2.75) is 69.4 Å². The molecule has 2 fully saturated rings. The Morgan fingerprint density at radius 2 is 1.62 bits per heavy atom. The van der Waals surface area contributed by atoms with E-state index in [4.69, 9.17) is 4.99 Å². The van der Waals surface area contributed by atoms with E-state index < -0.39 is 0 Å². The zero-order chi connectivity index (χ0) is 14.1. The number of nitrogens with zero attached hydrogens (tertiary/aromatic N) is 1. The second-order valence-corrected chi connectivity index (χ2v) is 6.85. The number of para-hydroxylation sites is 2.